The molecule has 0 radical (unpaired) electrons. The Morgan fingerprint density at radius 3 is 1.77 bits per heavy atom. The number of rotatable bonds is 7. The van der Waals surface area contributed by atoms with Crippen LogP contribution in [-0.2, 0) is 0 Å². The van der Waals surface area contributed by atoms with Gasteiger partial charge in [-0.05, 0) is 65.9 Å². The van der Waals surface area contributed by atoms with Crippen molar-refractivity contribution in [3.05, 3.63) is 188 Å². The van der Waals surface area contributed by atoms with Crippen LogP contribution in [0.3, 0.4) is 0 Å². The Labute approximate surface area is 304 Å². The van der Waals surface area contributed by atoms with Gasteiger partial charge in [-0.1, -0.05) is 141 Å². The Kier molecular flexibility index (Phi) is 10.1. The minimum absolute atomic E-state index is 0.607. The van der Waals surface area contributed by atoms with Crippen LogP contribution in [0.25, 0.3) is 72.9 Å². The molecule has 0 saturated heterocycles. The molecule has 8 rings (SSSR count). The number of benzene rings is 5. The summed E-state index contributed by atoms with van der Waals surface area (Å²) >= 11 is 0. The summed E-state index contributed by atoms with van der Waals surface area (Å²) in [6.07, 6.45) is 12.0. The molecular weight excluding hydrogens is 635 g/mol. The summed E-state index contributed by atoms with van der Waals surface area (Å²) in [4.78, 5) is 20.1. The third kappa shape index (κ3) is 7.42. The van der Waals surface area contributed by atoms with Gasteiger partial charge < -0.3 is 0 Å². The number of hydrogen-bond donors (Lipinski definition) is 0. The van der Waals surface area contributed by atoms with Gasteiger partial charge in [-0.3, -0.25) is 0 Å². The van der Waals surface area contributed by atoms with Crippen LogP contribution in [0.4, 0.5) is 0 Å². The summed E-state index contributed by atoms with van der Waals surface area (Å²) in [5.41, 5.74) is 12.8. The summed E-state index contributed by atoms with van der Waals surface area (Å²) in [6.45, 7) is 6.72. The molecule has 2 aromatic heterocycles. The van der Waals surface area contributed by atoms with Crippen molar-refractivity contribution >= 4 is 16.6 Å². The van der Waals surface area contributed by atoms with Gasteiger partial charge >= 0.3 is 0 Å². The zero-order valence-corrected chi connectivity index (χ0v) is 28.7. The molecule has 1 aliphatic rings. The number of aromatic nitrogens is 4. The summed E-state index contributed by atoms with van der Waals surface area (Å²) < 4.78 is 0. The van der Waals surface area contributed by atoms with Gasteiger partial charge in [0.05, 0.1) is 45.4 Å². The van der Waals surface area contributed by atoms with E-state index in [0.717, 1.165) is 85.6 Å². The van der Waals surface area contributed by atoms with E-state index in [1.165, 1.54) is 0 Å². The van der Waals surface area contributed by atoms with Crippen LogP contribution in [0.15, 0.2) is 177 Å². The van der Waals surface area contributed by atoms with Crippen LogP contribution in [0.2, 0.25) is 0 Å². The number of hydrogen-bond acceptors (Lipinski definition) is 5. The first kappa shape index (κ1) is 33.5. The second-order valence-electron chi connectivity index (χ2n) is 12.2. The third-order valence-corrected chi connectivity index (χ3v) is 8.72. The van der Waals surface area contributed by atoms with E-state index < -0.39 is 0 Å². The number of allylic oxidation sites excluding steroid dienone is 6. The van der Waals surface area contributed by atoms with E-state index in [-0.39, 0.29) is 0 Å². The zero-order valence-electron chi connectivity index (χ0n) is 28.7. The molecule has 248 valence electrons. The van der Waals surface area contributed by atoms with E-state index in [0.29, 0.717) is 11.4 Å². The molecule has 0 aliphatic heterocycles. The van der Waals surface area contributed by atoms with Crippen LogP contribution in [0, 0.1) is 11.3 Å². The number of nitrogens with zero attached hydrogens (tertiary/aromatic N) is 5. The number of fused-ring (bicyclic) bond motifs is 1. The maximum Gasteiger partial charge on any atom is 0.160 e. The average Bonchev–Trinajstić information content (AvgIpc) is 3.24. The first-order valence-electron chi connectivity index (χ1n) is 17.2. The van der Waals surface area contributed by atoms with Gasteiger partial charge in [0.2, 0.25) is 0 Å². The monoisotopic (exact) mass is 669 g/mol. The van der Waals surface area contributed by atoms with Crippen molar-refractivity contribution in [1.82, 2.24) is 19.9 Å². The predicted molar refractivity (Wildman–Crippen MR) is 214 cm³/mol. The quantitative estimate of drug-likeness (QED) is 0.158. The lowest BCUT2D eigenvalue weighted by Gasteiger charge is -2.13. The summed E-state index contributed by atoms with van der Waals surface area (Å²) in [6, 6.07) is 46.8. The lowest BCUT2D eigenvalue weighted by molar-refractivity contribution is 1.03. The lowest BCUT2D eigenvalue weighted by Crippen LogP contribution is -1.98. The first-order chi connectivity index (χ1) is 25.6. The fourth-order valence-corrected chi connectivity index (χ4v) is 6.05. The molecule has 0 N–H and O–H groups in total. The summed E-state index contributed by atoms with van der Waals surface area (Å²) in [5.74, 6) is 0.699. The van der Waals surface area contributed by atoms with E-state index in [2.05, 4.69) is 104 Å². The predicted octanol–water partition coefficient (Wildman–Crippen LogP) is 11.7. The van der Waals surface area contributed by atoms with Crippen LogP contribution in [-0.4, -0.2) is 19.9 Å². The Hall–Kier alpha value is -7.03. The molecular formula is C47H35N5. The van der Waals surface area contributed by atoms with E-state index in [4.69, 9.17) is 19.9 Å². The highest BCUT2D eigenvalue weighted by Gasteiger charge is 2.16. The Morgan fingerprint density at radius 1 is 0.519 bits per heavy atom. The highest BCUT2D eigenvalue weighted by molar-refractivity contribution is 5.87. The SMILES string of the molecule is C=CC=C.N#Cc1ccc(-c2nc3ccccc3nc2-c2cccc(-c3ccc(-c4nc(C5=CCCC=C5)cc(-c5ccccc5)n4)cc3)c2)cc1. The summed E-state index contributed by atoms with van der Waals surface area (Å²) in [7, 11) is 0. The fraction of sp³-hybridized carbons (Fsp3) is 0.0426. The third-order valence-electron chi connectivity index (χ3n) is 8.72. The second kappa shape index (κ2) is 15.7. The van der Waals surface area contributed by atoms with Gasteiger partial charge in [0.25, 0.3) is 0 Å². The van der Waals surface area contributed by atoms with Crippen LogP contribution >= 0.6 is 0 Å². The summed E-state index contributed by atoms with van der Waals surface area (Å²) in [5, 5.41) is 9.33. The largest absolute Gasteiger partial charge is 0.244 e. The normalized spacial score (nSPS) is 11.9. The van der Waals surface area contributed by atoms with Crippen molar-refractivity contribution < 1.29 is 0 Å². The smallest absolute Gasteiger partial charge is 0.160 e. The van der Waals surface area contributed by atoms with Crippen LogP contribution in [0.5, 0.6) is 0 Å². The number of nitriles is 1. The lowest BCUT2D eigenvalue weighted by atomic mass is 9.97. The Morgan fingerprint density at radius 2 is 1.12 bits per heavy atom. The maximum atomic E-state index is 9.33. The Bertz CT molecular complexity index is 2480. The van der Waals surface area contributed by atoms with Crippen LogP contribution < -0.4 is 0 Å². The molecule has 5 aromatic carbocycles. The minimum atomic E-state index is 0.607. The molecule has 0 bridgehead atoms. The average molecular weight is 670 g/mol. The van der Waals surface area contributed by atoms with E-state index in [9.17, 15) is 5.26 Å². The van der Waals surface area contributed by atoms with Crippen molar-refractivity contribution in [1.29, 1.82) is 5.26 Å². The van der Waals surface area contributed by atoms with Gasteiger partial charge in [0.1, 0.15) is 0 Å². The van der Waals surface area contributed by atoms with E-state index >= 15 is 0 Å². The molecule has 1 aliphatic carbocycles. The van der Waals surface area contributed by atoms with Crippen LogP contribution in [0.1, 0.15) is 24.1 Å². The molecule has 0 atom stereocenters. The fourth-order valence-electron chi connectivity index (χ4n) is 6.05. The topological polar surface area (TPSA) is 75.3 Å². The molecule has 52 heavy (non-hydrogen) atoms. The van der Waals surface area contributed by atoms with E-state index in [1.807, 2.05) is 66.7 Å². The first-order valence-corrected chi connectivity index (χ1v) is 17.2. The molecule has 5 heteroatoms. The van der Waals surface area contributed by atoms with Crippen molar-refractivity contribution in [3.63, 3.8) is 0 Å². The molecule has 0 saturated carbocycles. The van der Waals surface area contributed by atoms with E-state index in [1.54, 1.807) is 12.2 Å². The van der Waals surface area contributed by atoms with Gasteiger partial charge in [0, 0.05) is 22.3 Å². The van der Waals surface area contributed by atoms with Gasteiger partial charge in [-0.15, -0.1) is 0 Å². The molecule has 5 nitrogen and oxygen atoms in total. The minimum Gasteiger partial charge on any atom is -0.244 e. The molecule has 2 heterocycles. The molecule has 0 spiro atoms. The molecule has 7 aromatic rings. The maximum absolute atomic E-state index is 9.33. The molecule has 0 unspecified atom stereocenters. The van der Waals surface area contributed by atoms with Crippen molar-refractivity contribution in [2.24, 2.45) is 0 Å². The van der Waals surface area contributed by atoms with Crippen molar-refractivity contribution in [3.8, 4) is 62.4 Å². The van der Waals surface area contributed by atoms with Crippen molar-refractivity contribution in [2.45, 2.75) is 12.8 Å². The van der Waals surface area contributed by atoms with Gasteiger partial charge in [-0.25, -0.2) is 19.9 Å². The number of para-hydroxylation sites is 2. The highest BCUT2D eigenvalue weighted by Crippen LogP contribution is 2.34. The highest BCUT2D eigenvalue weighted by atomic mass is 14.9. The van der Waals surface area contributed by atoms with Crippen molar-refractivity contribution in [2.75, 3.05) is 0 Å². The molecule has 0 fully saturated rings. The Balaban J connectivity index is 0.00000100. The molecule has 0 amide bonds. The standard InChI is InChI=1S/C43H29N5.C4H6/c44-28-29-18-20-33(21-19-29)41-42(46-38-17-8-7-16-37(38)45-41)36-15-9-14-35(26-36)30-22-24-34(25-23-30)43-47-39(31-10-3-1-4-11-31)27-40(48-43)32-12-5-2-6-13-32;1-3-4-2/h1,3-5,7-27H,2,6H2;3-4H,1-2H2. The second-order valence-corrected chi connectivity index (χ2v) is 12.2. The van der Waals surface area contributed by atoms with Gasteiger partial charge in [-0.2, -0.15) is 5.26 Å². The zero-order chi connectivity index (χ0) is 35.7. The van der Waals surface area contributed by atoms with Gasteiger partial charge in [0.15, 0.2) is 5.82 Å².